The maximum absolute atomic E-state index is 11.8. The van der Waals surface area contributed by atoms with Gasteiger partial charge in [-0.1, -0.05) is 6.92 Å². The molecule has 1 rings (SSSR count). The number of carbonyl (C=O) groups excluding carboxylic acids is 1. The topological polar surface area (TPSA) is 66.5 Å². The first-order valence-electron chi connectivity index (χ1n) is 6.74. The Bertz CT molecular complexity index is 348. The summed E-state index contributed by atoms with van der Waals surface area (Å²) in [6.07, 6.45) is 3.61. The van der Waals surface area contributed by atoms with Crippen molar-refractivity contribution in [3.05, 3.63) is 0 Å². The van der Waals surface area contributed by atoms with E-state index in [1.54, 1.807) is 4.90 Å². The molecule has 1 heterocycles. The summed E-state index contributed by atoms with van der Waals surface area (Å²) in [5.74, 6) is -0.446. The number of amides is 1. The molecule has 18 heavy (non-hydrogen) atoms. The zero-order chi connectivity index (χ0) is 13.4. The summed E-state index contributed by atoms with van der Waals surface area (Å²) >= 11 is 0. The maximum atomic E-state index is 11.8. The molecular weight excluding hydrogens is 252 g/mol. The summed E-state index contributed by atoms with van der Waals surface area (Å²) in [5, 5.41) is 3.16. The van der Waals surface area contributed by atoms with Crippen LogP contribution in [0.1, 0.15) is 32.6 Å². The minimum Gasteiger partial charge on any atom is -0.342 e. The van der Waals surface area contributed by atoms with Crippen molar-refractivity contribution in [2.75, 3.05) is 37.7 Å². The van der Waals surface area contributed by atoms with Crippen molar-refractivity contribution in [2.45, 2.75) is 32.6 Å². The van der Waals surface area contributed by atoms with Crippen LogP contribution in [-0.4, -0.2) is 56.9 Å². The molecule has 106 valence electrons. The summed E-state index contributed by atoms with van der Waals surface area (Å²) in [6, 6.07) is 0. The molecule has 0 radical (unpaired) electrons. The Labute approximate surface area is 110 Å². The van der Waals surface area contributed by atoms with Crippen LogP contribution in [0.3, 0.4) is 0 Å². The molecule has 0 atom stereocenters. The second kappa shape index (κ2) is 7.74. The first kappa shape index (κ1) is 15.4. The van der Waals surface area contributed by atoms with Crippen molar-refractivity contribution in [1.29, 1.82) is 0 Å². The highest BCUT2D eigenvalue weighted by molar-refractivity contribution is 7.92. The minimum atomic E-state index is -3.24. The fraction of sp³-hybridized carbons (Fsp3) is 0.917. The SMILES string of the molecule is CCCNCCCS(=O)(=O)CC(=O)N1CCCC1. The molecule has 0 aromatic rings. The highest BCUT2D eigenvalue weighted by Gasteiger charge is 2.23. The molecule has 0 aliphatic carbocycles. The van der Waals surface area contributed by atoms with Crippen molar-refractivity contribution < 1.29 is 13.2 Å². The van der Waals surface area contributed by atoms with E-state index in [0.717, 1.165) is 25.8 Å². The quantitative estimate of drug-likeness (QED) is 0.652. The van der Waals surface area contributed by atoms with Gasteiger partial charge in [0, 0.05) is 13.1 Å². The number of sulfone groups is 1. The van der Waals surface area contributed by atoms with Crippen LogP contribution in [0, 0.1) is 0 Å². The molecule has 0 aromatic heterocycles. The van der Waals surface area contributed by atoms with Gasteiger partial charge in [-0.05, 0) is 38.8 Å². The number of nitrogens with zero attached hydrogens (tertiary/aromatic N) is 1. The molecule has 6 heteroatoms. The van der Waals surface area contributed by atoms with Crippen LogP contribution in [0.15, 0.2) is 0 Å². The van der Waals surface area contributed by atoms with E-state index in [9.17, 15) is 13.2 Å². The van der Waals surface area contributed by atoms with Gasteiger partial charge in [-0.15, -0.1) is 0 Å². The second-order valence-electron chi connectivity index (χ2n) is 4.78. The van der Waals surface area contributed by atoms with Crippen molar-refractivity contribution in [1.82, 2.24) is 10.2 Å². The minimum absolute atomic E-state index is 0.100. The largest absolute Gasteiger partial charge is 0.342 e. The van der Waals surface area contributed by atoms with Gasteiger partial charge in [0.15, 0.2) is 9.84 Å². The molecule has 5 nitrogen and oxygen atoms in total. The third-order valence-electron chi connectivity index (χ3n) is 3.04. The lowest BCUT2D eigenvalue weighted by atomic mass is 10.4. The van der Waals surface area contributed by atoms with E-state index < -0.39 is 9.84 Å². The fourth-order valence-corrected chi connectivity index (χ4v) is 3.32. The van der Waals surface area contributed by atoms with Crippen LogP contribution in [0.5, 0.6) is 0 Å². The molecule has 0 saturated carbocycles. The monoisotopic (exact) mass is 276 g/mol. The van der Waals surface area contributed by atoms with Crippen LogP contribution in [-0.2, 0) is 14.6 Å². The van der Waals surface area contributed by atoms with Crippen molar-refractivity contribution in [3.63, 3.8) is 0 Å². The average molecular weight is 276 g/mol. The Kier molecular flexibility index (Phi) is 6.63. The van der Waals surface area contributed by atoms with Gasteiger partial charge in [0.25, 0.3) is 0 Å². The molecule has 0 bridgehead atoms. The van der Waals surface area contributed by atoms with E-state index in [1.807, 2.05) is 0 Å². The predicted octanol–water partition coefficient (Wildman–Crippen LogP) is 0.413. The number of carbonyl (C=O) groups is 1. The van der Waals surface area contributed by atoms with Gasteiger partial charge in [-0.3, -0.25) is 4.79 Å². The molecule has 1 amide bonds. The number of hydrogen-bond acceptors (Lipinski definition) is 4. The predicted molar refractivity (Wildman–Crippen MR) is 72.2 cm³/mol. The molecular formula is C12H24N2O3S. The second-order valence-corrected chi connectivity index (χ2v) is 6.97. The van der Waals surface area contributed by atoms with E-state index in [1.165, 1.54) is 0 Å². The van der Waals surface area contributed by atoms with Gasteiger partial charge >= 0.3 is 0 Å². The Morgan fingerprint density at radius 2 is 1.89 bits per heavy atom. The van der Waals surface area contributed by atoms with Crippen molar-refractivity contribution >= 4 is 15.7 Å². The Balaban J connectivity index is 2.23. The standard InChI is InChI=1S/C12H24N2O3S/c1-2-6-13-7-5-10-18(16,17)11-12(15)14-8-3-4-9-14/h13H,2-11H2,1H3. The molecule has 1 aliphatic heterocycles. The summed E-state index contributed by atoms with van der Waals surface area (Å²) in [5.41, 5.74) is 0. The molecule has 0 spiro atoms. The van der Waals surface area contributed by atoms with Gasteiger partial charge < -0.3 is 10.2 Å². The van der Waals surface area contributed by atoms with E-state index >= 15 is 0 Å². The first-order valence-corrected chi connectivity index (χ1v) is 8.56. The third kappa shape index (κ3) is 5.82. The van der Waals surface area contributed by atoms with Gasteiger partial charge in [0.05, 0.1) is 5.75 Å². The summed E-state index contributed by atoms with van der Waals surface area (Å²) in [7, 11) is -3.24. The lowest BCUT2D eigenvalue weighted by Gasteiger charge is -2.15. The van der Waals surface area contributed by atoms with Gasteiger partial charge in [0.1, 0.15) is 5.75 Å². The molecule has 1 fully saturated rings. The summed E-state index contributed by atoms with van der Waals surface area (Å²) in [4.78, 5) is 13.4. The third-order valence-corrected chi connectivity index (χ3v) is 4.64. The molecule has 1 N–H and O–H groups in total. The van der Waals surface area contributed by atoms with Crippen LogP contribution >= 0.6 is 0 Å². The zero-order valence-corrected chi connectivity index (χ0v) is 12.0. The Morgan fingerprint density at radius 1 is 1.22 bits per heavy atom. The summed E-state index contributed by atoms with van der Waals surface area (Å²) in [6.45, 7) is 5.11. The molecule has 1 saturated heterocycles. The van der Waals surface area contributed by atoms with E-state index in [-0.39, 0.29) is 17.4 Å². The van der Waals surface area contributed by atoms with Crippen LogP contribution < -0.4 is 5.32 Å². The number of nitrogens with one attached hydrogen (secondary N) is 1. The zero-order valence-electron chi connectivity index (χ0n) is 11.2. The molecule has 0 unspecified atom stereocenters. The number of rotatable bonds is 8. The van der Waals surface area contributed by atoms with Crippen molar-refractivity contribution in [2.24, 2.45) is 0 Å². The Morgan fingerprint density at radius 3 is 2.50 bits per heavy atom. The molecule has 1 aliphatic rings. The van der Waals surface area contributed by atoms with E-state index in [2.05, 4.69) is 12.2 Å². The highest BCUT2D eigenvalue weighted by atomic mass is 32.2. The van der Waals surface area contributed by atoms with Crippen LogP contribution in [0.25, 0.3) is 0 Å². The maximum Gasteiger partial charge on any atom is 0.237 e. The smallest absolute Gasteiger partial charge is 0.237 e. The number of likely N-dealkylation sites (tertiary alicyclic amines) is 1. The lowest BCUT2D eigenvalue weighted by Crippen LogP contribution is -2.34. The number of hydrogen-bond donors (Lipinski definition) is 1. The molecule has 0 aromatic carbocycles. The van der Waals surface area contributed by atoms with E-state index in [0.29, 0.717) is 26.1 Å². The Hall–Kier alpha value is -0.620. The van der Waals surface area contributed by atoms with Crippen molar-refractivity contribution in [3.8, 4) is 0 Å². The summed E-state index contributed by atoms with van der Waals surface area (Å²) < 4.78 is 23.5. The van der Waals surface area contributed by atoms with E-state index in [4.69, 9.17) is 0 Å². The van der Waals surface area contributed by atoms with Gasteiger partial charge in [-0.2, -0.15) is 0 Å². The highest BCUT2D eigenvalue weighted by Crippen LogP contribution is 2.08. The van der Waals surface area contributed by atoms with Gasteiger partial charge in [-0.25, -0.2) is 8.42 Å². The fourth-order valence-electron chi connectivity index (χ4n) is 2.04. The average Bonchev–Trinajstić information content (AvgIpc) is 2.81. The van der Waals surface area contributed by atoms with Gasteiger partial charge in [0.2, 0.25) is 5.91 Å². The lowest BCUT2D eigenvalue weighted by molar-refractivity contribution is -0.127. The normalized spacial score (nSPS) is 16.2. The van der Waals surface area contributed by atoms with Crippen LogP contribution in [0.4, 0.5) is 0 Å². The first-order chi connectivity index (χ1) is 8.55. The van der Waals surface area contributed by atoms with Crippen LogP contribution in [0.2, 0.25) is 0 Å².